The van der Waals surface area contributed by atoms with Crippen LogP contribution in [0.1, 0.15) is 47.0 Å². The molecule has 0 amide bonds. The van der Waals surface area contributed by atoms with E-state index in [0.717, 1.165) is 0 Å². The zero-order chi connectivity index (χ0) is 11.3. The first kappa shape index (κ1) is 11.4. The molecular weight excluding hydrogens is 190 g/mol. The molecule has 0 bridgehead atoms. The molecule has 3 heteroatoms. The second-order valence-electron chi connectivity index (χ2n) is 6.24. The number of rotatable bonds is 3. The normalized spacial score (nSPS) is 38.2. The lowest BCUT2D eigenvalue weighted by Crippen LogP contribution is -2.53. The van der Waals surface area contributed by atoms with Gasteiger partial charge in [0.2, 0.25) is 0 Å². The van der Waals surface area contributed by atoms with Gasteiger partial charge in [0, 0.05) is 19.0 Å². The molecule has 1 atom stereocenters. The van der Waals surface area contributed by atoms with E-state index in [1.807, 2.05) is 27.7 Å². The Balaban J connectivity index is 2.03. The molecule has 0 aromatic heterocycles. The fourth-order valence-corrected chi connectivity index (χ4v) is 2.61. The Morgan fingerprint density at radius 2 is 1.87 bits per heavy atom. The summed E-state index contributed by atoms with van der Waals surface area (Å²) in [5.74, 6) is 0. The van der Waals surface area contributed by atoms with Crippen molar-refractivity contribution in [3.63, 3.8) is 0 Å². The summed E-state index contributed by atoms with van der Waals surface area (Å²) < 4.78 is 5.91. The van der Waals surface area contributed by atoms with Gasteiger partial charge in [0.25, 0.3) is 0 Å². The van der Waals surface area contributed by atoms with Gasteiger partial charge in [-0.05, 0) is 40.5 Å². The third-order valence-electron chi connectivity index (χ3n) is 3.63. The van der Waals surface area contributed by atoms with Crippen LogP contribution in [0.15, 0.2) is 0 Å². The molecule has 1 unspecified atom stereocenters. The second-order valence-corrected chi connectivity index (χ2v) is 6.24. The highest BCUT2D eigenvalue weighted by atomic mass is 16.5. The highest BCUT2D eigenvalue weighted by Crippen LogP contribution is 2.44. The van der Waals surface area contributed by atoms with E-state index < -0.39 is 11.2 Å². The predicted molar refractivity (Wildman–Crippen MR) is 59.8 cm³/mol. The zero-order valence-corrected chi connectivity index (χ0v) is 10.3. The Hall–Kier alpha value is -0.120. The Labute approximate surface area is 92.2 Å². The number of nitrogens with one attached hydrogen (secondary N) is 1. The summed E-state index contributed by atoms with van der Waals surface area (Å²) in [6.45, 7) is 8.70. The molecular formula is C12H23NO2. The summed E-state index contributed by atoms with van der Waals surface area (Å²) in [5, 5.41) is 14.0. The topological polar surface area (TPSA) is 41.5 Å². The Kier molecular flexibility index (Phi) is 2.42. The van der Waals surface area contributed by atoms with Gasteiger partial charge in [-0.2, -0.15) is 0 Å². The van der Waals surface area contributed by atoms with E-state index in [1.165, 1.54) is 12.8 Å². The van der Waals surface area contributed by atoms with Gasteiger partial charge in [-0.15, -0.1) is 0 Å². The van der Waals surface area contributed by atoms with Crippen LogP contribution in [0.5, 0.6) is 0 Å². The predicted octanol–water partition coefficient (Wildman–Crippen LogP) is 1.45. The van der Waals surface area contributed by atoms with Crippen LogP contribution >= 0.6 is 0 Å². The lowest BCUT2D eigenvalue weighted by atomic mass is 9.82. The van der Waals surface area contributed by atoms with Crippen LogP contribution in [0.2, 0.25) is 0 Å². The average molecular weight is 213 g/mol. The van der Waals surface area contributed by atoms with Gasteiger partial charge in [0.1, 0.15) is 5.60 Å². The standard InChI is InChI=1S/C12H23NO2/c1-10(2)7-12(14,11(3,4)15-10)8-13-9-5-6-9/h9,13-14H,5-8H2,1-4H3. The average Bonchev–Trinajstić information content (AvgIpc) is 2.76. The van der Waals surface area contributed by atoms with Crippen molar-refractivity contribution in [3.8, 4) is 0 Å². The smallest absolute Gasteiger partial charge is 0.108 e. The van der Waals surface area contributed by atoms with Crippen molar-refractivity contribution in [2.75, 3.05) is 6.54 Å². The van der Waals surface area contributed by atoms with Crippen molar-refractivity contribution in [2.45, 2.75) is 69.8 Å². The Morgan fingerprint density at radius 1 is 1.27 bits per heavy atom. The van der Waals surface area contributed by atoms with Crippen molar-refractivity contribution in [1.29, 1.82) is 0 Å². The van der Waals surface area contributed by atoms with E-state index >= 15 is 0 Å². The second kappa shape index (κ2) is 3.19. The quantitative estimate of drug-likeness (QED) is 0.745. The van der Waals surface area contributed by atoms with Gasteiger partial charge < -0.3 is 15.2 Å². The minimum Gasteiger partial charge on any atom is -0.385 e. The Morgan fingerprint density at radius 3 is 2.27 bits per heavy atom. The monoisotopic (exact) mass is 213 g/mol. The van der Waals surface area contributed by atoms with E-state index in [-0.39, 0.29) is 5.60 Å². The summed E-state index contributed by atoms with van der Waals surface area (Å²) in [7, 11) is 0. The minimum atomic E-state index is -0.737. The third kappa shape index (κ3) is 2.19. The van der Waals surface area contributed by atoms with Crippen molar-refractivity contribution in [3.05, 3.63) is 0 Å². The van der Waals surface area contributed by atoms with Gasteiger partial charge in [-0.1, -0.05) is 0 Å². The van der Waals surface area contributed by atoms with Gasteiger partial charge in [-0.25, -0.2) is 0 Å². The molecule has 88 valence electrons. The zero-order valence-electron chi connectivity index (χ0n) is 10.3. The van der Waals surface area contributed by atoms with Crippen LogP contribution in [-0.4, -0.2) is 34.5 Å². The van der Waals surface area contributed by atoms with E-state index in [4.69, 9.17) is 4.74 Å². The largest absolute Gasteiger partial charge is 0.385 e. The highest BCUT2D eigenvalue weighted by molar-refractivity contribution is 5.08. The molecule has 2 N–H and O–H groups in total. The summed E-state index contributed by atoms with van der Waals surface area (Å²) in [6.07, 6.45) is 3.20. The minimum absolute atomic E-state index is 0.219. The van der Waals surface area contributed by atoms with Crippen LogP contribution < -0.4 is 5.32 Å². The molecule has 1 saturated carbocycles. The highest BCUT2D eigenvalue weighted by Gasteiger charge is 2.56. The summed E-state index contributed by atoms with van der Waals surface area (Å²) in [6, 6.07) is 0.633. The molecule has 2 fully saturated rings. The van der Waals surface area contributed by atoms with Gasteiger partial charge in [0.05, 0.1) is 11.2 Å². The van der Waals surface area contributed by atoms with Gasteiger partial charge in [0.15, 0.2) is 0 Å². The first-order valence-electron chi connectivity index (χ1n) is 5.90. The first-order valence-corrected chi connectivity index (χ1v) is 5.90. The molecule has 1 aliphatic carbocycles. The van der Waals surface area contributed by atoms with Crippen LogP contribution in [0.3, 0.4) is 0 Å². The molecule has 2 rings (SSSR count). The molecule has 3 nitrogen and oxygen atoms in total. The lowest BCUT2D eigenvalue weighted by Gasteiger charge is -2.35. The fourth-order valence-electron chi connectivity index (χ4n) is 2.61. The van der Waals surface area contributed by atoms with E-state index in [9.17, 15) is 5.11 Å². The fraction of sp³-hybridized carbons (Fsp3) is 1.00. The molecule has 1 aliphatic heterocycles. The van der Waals surface area contributed by atoms with E-state index in [0.29, 0.717) is 19.0 Å². The Bertz CT molecular complexity index is 258. The number of hydrogen-bond donors (Lipinski definition) is 2. The van der Waals surface area contributed by atoms with Gasteiger partial charge in [-0.3, -0.25) is 0 Å². The van der Waals surface area contributed by atoms with Gasteiger partial charge >= 0.3 is 0 Å². The maximum Gasteiger partial charge on any atom is 0.108 e. The van der Waals surface area contributed by atoms with Crippen LogP contribution in [0.4, 0.5) is 0 Å². The van der Waals surface area contributed by atoms with Crippen molar-refractivity contribution in [1.82, 2.24) is 5.32 Å². The van der Waals surface area contributed by atoms with E-state index in [2.05, 4.69) is 5.32 Å². The van der Waals surface area contributed by atoms with Crippen LogP contribution in [-0.2, 0) is 4.74 Å². The SMILES string of the molecule is CC1(C)CC(O)(CNC2CC2)C(C)(C)O1. The number of aliphatic hydroxyl groups is 1. The maximum absolute atomic E-state index is 10.6. The van der Waals surface area contributed by atoms with E-state index in [1.54, 1.807) is 0 Å². The number of hydrogen-bond acceptors (Lipinski definition) is 3. The number of ether oxygens (including phenoxy) is 1. The maximum atomic E-state index is 10.6. The molecule has 0 spiro atoms. The summed E-state index contributed by atoms with van der Waals surface area (Å²) in [5.41, 5.74) is -1.42. The first-order chi connectivity index (χ1) is 6.74. The lowest BCUT2D eigenvalue weighted by molar-refractivity contribution is -0.124. The van der Waals surface area contributed by atoms with Crippen LogP contribution in [0, 0.1) is 0 Å². The third-order valence-corrected chi connectivity index (χ3v) is 3.63. The molecule has 0 aromatic carbocycles. The summed E-state index contributed by atoms with van der Waals surface area (Å²) >= 11 is 0. The molecule has 2 aliphatic rings. The molecule has 1 heterocycles. The van der Waals surface area contributed by atoms with Crippen LogP contribution in [0.25, 0.3) is 0 Å². The molecule has 0 radical (unpaired) electrons. The van der Waals surface area contributed by atoms with Crippen molar-refractivity contribution < 1.29 is 9.84 Å². The molecule has 15 heavy (non-hydrogen) atoms. The summed E-state index contributed by atoms with van der Waals surface area (Å²) in [4.78, 5) is 0. The van der Waals surface area contributed by atoms with Crippen molar-refractivity contribution in [2.24, 2.45) is 0 Å². The van der Waals surface area contributed by atoms with Crippen molar-refractivity contribution >= 4 is 0 Å². The molecule has 1 saturated heterocycles. The molecule has 0 aromatic rings.